The van der Waals surface area contributed by atoms with E-state index in [1.807, 2.05) is 36.4 Å². The van der Waals surface area contributed by atoms with Crippen LogP contribution in [-0.2, 0) is 12.8 Å². The fourth-order valence-corrected chi connectivity index (χ4v) is 6.27. The molecule has 0 spiro atoms. The third-order valence-corrected chi connectivity index (χ3v) is 8.69. The number of hydrogen-bond acceptors (Lipinski definition) is 6. The van der Waals surface area contributed by atoms with Crippen LogP contribution in [0, 0.1) is 13.8 Å². The van der Waals surface area contributed by atoms with Gasteiger partial charge in [0, 0.05) is 17.1 Å². The molecule has 1 saturated heterocycles. The lowest BCUT2D eigenvalue weighted by atomic mass is 10.0. The Morgan fingerprint density at radius 1 is 1.09 bits per heavy atom. The van der Waals surface area contributed by atoms with Crippen molar-refractivity contribution in [3.05, 3.63) is 105 Å². The van der Waals surface area contributed by atoms with Crippen molar-refractivity contribution < 1.29 is 22.7 Å². The number of aryl methyl sites for hydroxylation is 4. The number of urea groups is 1. The van der Waals surface area contributed by atoms with Crippen molar-refractivity contribution in [2.45, 2.75) is 71.9 Å². The van der Waals surface area contributed by atoms with E-state index >= 15 is 0 Å². The topological polar surface area (TPSA) is 82.9 Å². The van der Waals surface area contributed by atoms with Gasteiger partial charge in [-0.2, -0.15) is 4.99 Å². The number of benzene rings is 3. The first-order valence-electron chi connectivity index (χ1n) is 15.3. The second-order valence-corrected chi connectivity index (χ2v) is 12.4. The first-order valence-corrected chi connectivity index (χ1v) is 16.2. The van der Waals surface area contributed by atoms with Crippen LogP contribution in [0.15, 0.2) is 77.1 Å². The van der Waals surface area contributed by atoms with Crippen molar-refractivity contribution in [3.8, 4) is 11.4 Å². The fourth-order valence-electron chi connectivity index (χ4n) is 5.40. The van der Waals surface area contributed by atoms with Crippen LogP contribution in [0.1, 0.15) is 60.8 Å². The monoisotopic (exact) mass is 652 g/mol. The maximum absolute atomic E-state index is 12.9. The number of anilines is 1. The average molecular weight is 653 g/mol. The molecule has 8 nitrogen and oxygen atoms in total. The van der Waals surface area contributed by atoms with E-state index in [9.17, 15) is 18.0 Å². The SMILES string of the molecule is CCCc1ccc(C)cc1-n1c(C)cs/c1=N\C(=O)NC(C)CCc1ccc(C2NCN(c3ccc(OC(F)(F)F)cc3)N2)cc1. The number of amides is 2. The number of halogens is 3. The van der Waals surface area contributed by atoms with Crippen molar-refractivity contribution in [1.29, 1.82) is 0 Å². The summed E-state index contributed by atoms with van der Waals surface area (Å²) >= 11 is 1.46. The minimum absolute atomic E-state index is 0.0697. The molecule has 0 radical (unpaired) electrons. The highest BCUT2D eigenvalue weighted by atomic mass is 32.1. The molecule has 1 aliphatic rings. The Balaban J connectivity index is 1.14. The van der Waals surface area contributed by atoms with Gasteiger partial charge in [0.1, 0.15) is 11.9 Å². The molecular weight excluding hydrogens is 613 g/mol. The van der Waals surface area contributed by atoms with Crippen molar-refractivity contribution in [2.24, 2.45) is 4.99 Å². The number of nitrogens with one attached hydrogen (secondary N) is 3. The van der Waals surface area contributed by atoms with Gasteiger partial charge in [0.25, 0.3) is 0 Å². The second kappa shape index (κ2) is 14.5. The quantitative estimate of drug-likeness (QED) is 0.169. The number of carbonyl (C=O) groups excluding carboxylic acids is 1. The number of alkyl halides is 3. The van der Waals surface area contributed by atoms with E-state index in [0.717, 1.165) is 53.8 Å². The van der Waals surface area contributed by atoms with Crippen LogP contribution in [-0.4, -0.2) is 29.7 Å². The van der Waals surface area contributed by atoms with Crippen LogP contribution in [0.4, 0.5) is 23.7 Å². The number of carbonyl (C=O) groups is 1. The van der Waals surface area contributed by atoms with E-state index in [1.54, 1.807) is 12.1 Å². The van der Waals surface area contributed by atoms with Gasteiger partial charge in [0.05, 0.1) is 18.0 Å². The lowest BCUT2D eigenvalue weighted by Gasteiger charge is -2.19. The summed E-state index contributed by atoms with van der Waals surface area (Å²) in [7, 11) is 0. The molecule has 244 valence electrons. The number of rotatable bonds is 10. The van der Waals surface area contributed by atoms with Gasteiger partial charge in [-0.1, -0.05) is 49.7 Å². The third-order valence-electron chi connectivity index (χ3n) is 7.75. The van der Waals surface area contributed by atoms with Crippen LogP contribution in [0.3, 0.4) is 0 Å². The van der Waals surface area contributed by atoms with Gasteiger partial charge in [0.15, 0.2) is 4.80 Å². The van der Waals surface area contributed by atoms with Crippen LogP contribution in [0.2, 0.25) is 0 Å². The Morgan fingerprint density at radius 3 is 2.52 bits per heavy atom. The fraction of sp³-hybridized carbons (Fsp3) is 0.353. The Morgan fingerprint density at radius 2 is 1.83 bits per heavy atom. The average Bonchev–Trinajstić information content (AvgIpc) is 3.64. The van der Waals surface area contributed by atoms with Crippen molar-refractivity contribution in [2.75, 3.05) is 11.7 Å². The molecule has 1 fully saturated rings. The zero-order valence-corrected chi connectivity index (χ0v) is 27.1. The zero-order chi connectivity index (χ0) is 32.8. The molecule has 1 aliphatic heterocycles. The van der Waals surface area contributed by atoms with E-state index in [4.69, 9.17) is 0 Å². The van der Waals surface area contributed by atoms with Crippen molar-refractivity contribution >= 4 is 23.1 Å². The van der Waals surface area contributed by atoms with Gasteiger partial charge in [0.2, 0.25) is 0 Å². The van der Waals surface area contributed by atoms with Gasteiger partial charge in [-0.25, -0.2) is 10.2 Å². The van der Waals surface area contributed by atoms with Gasteiger partial charge in [-0.15, -0.1) is 24.5 Å². The summed E-state index contributed by atoms with van der Waals surface area (Å²) in [6.07, 6.45) is -1.35. The largest absolute Gasteiger partial charge is 0.573 e. The third kappa shape index (κ3) is 8.56. The number of thiazole rings is 1. The van der Waals surface area contributed by atoms with Crippen LogP contribution >= 0.6 is 11.3 Å². The lowest BCUT2D eigenvalue weighted by molar-refractivity contribution is -0.274. The van der Waals surface area contributed by atoms with Crippen molar-refractivity contribution in [1.82, 2.24) is 20.6 Å². The number of hydrogen-bond donors (Lipinski definition) is 3. The maximum atomic E-state index is 12.9. The van der Waals surface area contributed by atoms with Gasteiger partial charge in [-0.3, -0.25) is 14.9 Å². The molecule has 3 aromatic carbocycles. The summed E-state index contributed by atoms with van der Waals surface area (Å²) < 4.78 is 43.4. The van der Waals surface area contributed by atoms with Gasteiger partial charge < -0.3 is 10.1 Å². The summed E-state index contributed by atoms with van der Waals surface area (Å²) in [5, 5.41) is 10.2. The van der Waals surface area contributed by atoms with Crippen LogP contribution in [0.5, 0.6) is 5.75 Å². The van der Waals surface area contributed by atoms with E-state index in [-0.39, 0.29) is 24.0 Å². The Bertz CT molecular complexity index is 1700. The molecule has 1 aromatic heterocycles. The predicted octanol–water partition coefficient (Wildman–Crippen LogP) is 7.21. The first-order chi connectivity index (χ1) is 22.0. The Kier molecular flexibility index (Phi) is 10.5. The highest BCUT2D eigenvalue weighted by Gasteiger charge is 2.31. The number of nitrogens with zero attached hydrogens (tertiary/aromatic N) is 3. The van der Waals surface area contributed by atoms with Crippen molar-refractivity contribution in [3.63, 3.8) is 0 Å². The molecule has 12 heteroatoms. The molecule has 4 aromatic rings. The summed E-state index contributed by atoms with van der Waals surface area (Å²) in [6, 6.07) is 20.0. The molecule has 2 unspecified atom stereocenters. The molecule has 2 heterocycles. The Labute approximate surface area is 270 Å². The second-order valence-electron chi connectivity index (χ2n) is 11.5. The zero-order valence-electron chi connectivity index (χ0n) is 26.3. The standard InChI is InChI=1S/C34H39F3N6O2S/c1-5-6-26-12-7-22(2)19-30(26)43-24(4)20-46-33(43)40-32(44)39-23(3)8-9-25-10-13-27(14-11-25)31-38-21-42(41-31)28-15-17-29(18-16-28)45-34(35,36)37/h7,10-20,23,31,38,41H,5-6,8-9,21H2,1-4H3,(H,39,44)/b40-33-. The summed E-state index contributed by atoms with van der Waals surface area (Å²) in [5.74, 6) is -0.261. The van der Waals surface area contributed by atoms with E-state index < -0.39 is 6.36 Å². The number of ether oxygens (including phenoxy) is 1. The molecule has 46 heavy (non-hydrogen) atoms. The summed E-state index contributed by atoms with van der Waals surface area (Å²) in [4.78, 5) is 18.0. The van der Waals surface area contributed by atoms with E-state index in [0.29, 0.717) is 17.2 Å². The minimum Gasteiger partial charge on any atom is -0.406 e. The molecule has 0 aliphatic carbocycles. The summed E-state index contributed by atoms with van der Waals surface area (Å²) in [5.41, 5.74) is 10.7. The smallest absolute Gasteiger partial charge is 0.406 e. The predicted molar refractivity (Wildman–Crippen MR) is 175 cm³/mol. The Hall–Kier alpha value is -4.13. The van der Waals surface area contributed by atoms with Gasteiger partial charge in [-0.05, 0) is 92.6 Å². The van der Waals surface area contributed by atoms with Crippen LogP contribution in [0.25, 0.3) is 5.69 Å². The van der Waals surface area contributed by atoms with Crippen LogP contribution < -0.4 is 30.6 Å². The minimum atomic E-state index is -4.72. The molecule has 5 rings (SSSR count). The molecule has 2 amide bonds. The molecule has 0 saturated carbocycles. The molecule has 2 atom stereocenters. The number of aromatic nitrogens is 1. The molecule has 3 N–H and O–H groups in total. The maximum Gasteiger partial charge on any atom is 0.573 e. The molecule has 0 bridgehead atoms. The van der Waals surface area contributed by atoms with E-state index in [2.05, 4.69) is 74.5 Å². The normalized spacial score (nSPS) is 16.1. The first kappa shape index (κ1) is 33.2. The highest BCUT2D eigenvalue weighted by molar-refractivity contribution is 7.07. The number of hydrazine groups is 1. The molecular formula is C34H39F3N6O2S. The summed E-state index contributed by atoms with van der Waals surface area (Å²) in [6.45, 7) is 8.73. The van der Waals surface area contributed by atoms with E-state index in [1.165, 1.54) is 29.0 Å². The van der Waals surface area contributed by atoms with Gasteiger partial charge >= 0.3 is 12.4 Å². The highest BCUT2D eigenvalue weighted by Crippen LogP contribution is 2.27. The lowest BCUT2D eigenvalue weighted by Crippen LogP contribution is -2.32.